The van der Waals surface area contributed by atoms with Gasteiger partial charge in [-0.15, -0.1) is 11.6 Å². The molecule has 0 atom stereocenters. The number of aliphatic imine (C=N–C) groups is 1. The largest absolute Gasteiger partial charge is 0.386 e. The fourth-order valence-corrected chi connectivity index (χ4v) is 2.96. The molecule has 2 heterocycles. The van der Waals surface area contributed by atoms with E-state index in [1.54, 1.807) is 17.5 Å². The zero-order valence-electron chi connectivity index (χ0n) is 11.4. The minimum absolute atomic E-state index is 0.227. The molecule has 106 valence electrons. The molecule has 0 fully saturated rings. The lowest BCUT2D eigenvalue weighted by Gasteiger charge is -2.03. The van der Waals surface area contributed by atoms with Gasteiger partial charge in [-0.3, -0.25) is 0 Å². The lowest BCUT2D eigenvalue weighted by atomic mass is 10.1. The zero-order valence-corrected chi connectivity index (χ0v) is 12.9. The number of alkyl halides is 1. The summed E-state index contributed by atoms with van der Waals surface area (Å²) in [6.07, 6.45) is 1.78. The summed E-state index contributed by atoms with van der Waals surface area (Å²) in [7, 11) is 0. The zero-order chi connectivity index (χ0) is 14.8. The van der Waals surface area contributed by atoms with Gasteiger partial charge in [0, 0.05) is 11.8 Å². The number of thiazole rings is 1. The molecular formula is C15H13ClN4S. The van der Waals surface area contributed by atoms with Crippen LogP contribution in [0.4, 0.5) is 5.69 Å². The monoisotopic (exact) mass is 316 g/mol. The molecule has 0 saturated heterocycles. The molecule has 0 saturated carbocycles. The Kier molecular flexibility index (Phi) is 3.86. The summed E-state index contributed by atoms with van der Waals surface area (Å²) < 4.78 is 0. The molecule has 0 aliphatic carbocycles. The number of hydrogen-bond acceptors (Lipinski definition) is 4. The molecule has 3 rings (SSSR count). The van der Waals surface area contributed by atoms with E-state index in [0.29, 0.717) is 5.84 Å². The molecule has 3 aromatic rings. The number of hydrogen-bond donors (Lipinski definition) is 1. The Morgan fingerprint density at radius 3 is 2.95 bits per heavy atom. The third kappa shape index (κ3) is 2.89. The van der Waals surface area contributed by atoms with Crippen molar-refractivity contribution >= 4 is 44.8 Å². The first-order chi connectivity index (χ1) is 10.2. The van der Waals surface area contributed by atoms with Gasteiger partial charge < -0.3 is 5.73 Å². The molecule has 0 spiro atoms. The van der Waals surface area contributed by atoms with Crippen molar-refractivity contribution in [3.8, 4) is 10.6 Å². The third-order valence-electron chi connectivity index (χ3n) is 3.01. The number of fused-ring (bicyclic) bond motifs is 1. The van der Waals surface area contributed by atoms with Crippen LogP contribution in [0, 0.1) is 6.92 Å². The molecular weight excluding hydrogens is 304 g/mol. The first kappa shape index (κ1) is 14.0. The van der Waals surface area contributed by atoms with E-state index in [-0.39, 0.29) is 5.88 Å². The summed E-state index contributed by atoms with van der Waals surface area (Å²) in [6.45, 7) is 2.00. The van der Waals surface area contributed by atoms with Gasteiger partial charge in [-0.2, -0.15) is 0 Å². The van der Waals surface area contributed by atoms with Crippen molar-refractivity contribution in [1.82, 2.24) is 9.97 Å². The van der Waals surface area contributed by atoms with Gasteiger partial charge in [0.15, 0.2) is 0 Å². The third-order valence-corrected chi connectivity index (χ3v) is 4.31. The average Bonchev–Trinajstić information content (AvgIpc) is 2.93. The molecule has 0 aliphatic rings. The van der Waals surface area contributed by atoms with Crippen LogP contribution in [0.2, 0.25) is 0 Å². The number of nitrogens with two attached hydrogens (primary N) is 1. The van der Waals surface area contributed by atoms with Gasteiger partial charge >= 0.3 is 0 Å². The number of aromatic nitrogens is 2. The van der Waals surface area contributed by atoms with E-state index in [9.17, 15) is 0 Å². The quantitative estimate of drug-likeness (QED) is 0.453. The lowest BCUT2D eigenvalue weighted by Crippen LogP contribution is -2.12. The smallest absolute Gasteiger partial charge is 0.143 e. The Morgan fingerprint density at radius 2 is 2.24 bits per heavy atom. The highest BCUT2D eigenvalue weighted by molar-refractivity contribution is 7.21. The van der Waals surface area contributed by atoms with Crippen molar-refractivity contribution in [1.29, 1.82) is 0 Å². The Hall–Kier alpha value is -1.98. The highest BCUT2D eigenvalue weighted by atomic mass is 35.5. The summed E-state index contributed by atoms with van der Waals surface area (Å²) in [6, 6.07) is 9.84. The lowest BCUT2D eigenvalue weighted by molar-refractivity contribution is 1.36. The number of halogens is 1. The Morgan fingerprint density at radius 1 is 1.38 bits per heavy atom. The van der Waals surface area contributed by atoms with Crippen molar-refractivity contribution in [2.75, 3.05) is 5.88 Å². The fourth-order valence-electron chi connectivity index (χ4n) is 1.99. The average molecular weight is 317 g/mol. The molecule has 21 heavy (non-hydrogen) atoms. The second kappa shape index (κ2) is 5.79. The first-order valence-corrected chi connectivity index (χ1v) is 7.74. The molecule has 0 radical (unpaired) electrons. The topological polar surface area (TPSA) is 64.2 Å². The van der Waals surface area contributed by atoms with Crippen molar-refractivity contribution in [3.63, 3.8) is 0 Å². The van der Waals surface area contributed by atoms with Crippen LogP contribution in [-0.2, 0) is 0 Å². The number of amidine groups is 1. The first-order valence-electron chi connectivity index (χ1n) is 6.39. The number of aryl methyl sites for hydroxylation is 1. The van der Waals surface area contributed by atoms with Crippen molar-refractivity contribution in [2.24, 2.45) is 10.7 Å². The molecule has 4 nitrogen and oxygen atoms in total. The van der Waals surface area contributed by atoms with Crippen molar-refractivity contribution in [2.45, 2.75) is 6.92 Å². The Labute approximate surface area is 131 Å². The molecule has 0 amide bonds. The maximum absolute atomic E-state index is 5.67. The predicted molar refractivity (Wildman–Crippen MR) is 89.6 cm³/mol. The van der Waals surface area contributed by atoms with Crippen LogP contribution in [0.3, 0.4) is 0 Å². The summed E-state index contributed by atoms with van der Waals surface area (Å²) in [5.41, 5.74) is 9.51. The van der Waals surface area contributed by atoms with Crippen LogP contribution >= 0.6 is 22.9 Å². The number of benzene rings is 1. The second-order valence-corrected chi connectivity index (χ2v) is 5.83. The standard InChI is InChI=1S/C15H13ClN4S/c1-9-7-10(4-5-11(9)19-13(17)8-16)14-20-12-3-2-6-18-15(12)21-14/h2-7H,8H2,1H3,(H2,17,19). The van der Waals surface area contributed by atoms with E-state index in [2.05, 4.69) is 21.0 Å². The van der Waals surface area contributed by atoms with Gasteiger partial charge in [0.05, 0.1) is 11.6 Å². The Balaban J connectivity index is 2.01. The second-order valence-electron chi connectivity index (χ2n) is 4.58. The van der Waals surface area contributed by atoms with Gasteiger partial charge in [0.25, 0.3) is 0 Å². The van der Waals surface area contributed by atoms with Crippen LogP contribution in [-0.4, -0.2) is 21.7 Å². The van der Waals surface area contributed by atoms with Gasteiger partial charge in [0.1, 0.15) is 21.2 Å². The van der Waals surface area contributed by atoms with E-state index >= 15 is 0 Å². The van der Waals surface area contributed by atoms with E-state index in [1.165, 1.54) is 0 Å². The molecule has 0 aliphatic heterocycles. The van der Waals surface area contributed by atoms with Crippen molar-refractivity contribution in [3.05, 3.63) is 42.1 Å². The van der Waals surface area contributed by atoms with Gasteiger partial charge in [-0.25, -0.2) is 15.0 Å². The van der Waals surface area contributed by atoms with Crippen LogP contribution < -0.4 is 5.73 Å². The molecule has 1 aromatic carbocycles. The number of nitrogens with zero attached hydrogens (tertiary/aromatic N) is 3. The van der Waals surface area contributed by atoms with Gasteiger partial charge in [-0.1, -0.05) is 11.3 Å². The van der Waals surface area contributed by atoms with E-state index < -0.39 is 0 Å². The van der Waals surface area contributed by atoms with Crippen LogP contribution in [0.25, 0.3) is 20.9 Å². The van der Waals surface area contributed by atoms with Gasteiger partial charge in [-0.05, 0) is 42.8 Å². The maximum atomic E-state index is 5.67. The highest BCUT2D eigenvalue weighted by Crippen LogP contribution is 2.31. The van der Waals surface area contributed by atoms with Gasteiger partial charge in [0.2, 0.25) is 0 Å². The minimum Gasteiger partial charge on any atom is -0.386 e. The Bertz CT molecular complexity index is 792. The molecule has 0 bridgehead atoms. The SMILES string of the molecule is Cc1cc(-c2nc3cccnc3s2)ccc1N=C(N)CCl. The van der Waals surface area contributed by atoms with Crippen molar-refractivity contribution < 1.29 is 0 Å². The van der Waals surface area contributed by atoms with Crippen LogP contribution in [0.15, 0.2) is 41.5 Å². The molecule has 2 N–H and O–H groups in total. The van der Waals surface area contributed by atoms with Crippen LogP contribution in [0.1, 0.15) is 5.56 Å². The normalized spacial score (nSPS) is 12.0. The fraction of sp³-hybridized carbons (Fsp3) is 0.133. The highest BCUT2D eigenvalue weighted by Gasteiger charge is 2.08. The molecule has 2 aromatic heterocycles. The molecule has 6 heteroatoms. The van der Waals surface area contributed by atoms with Crippen LogP contribution in [0.5, 0.6) is 0 Å². The summed E-state index contributed by atoms with van der Waals surface area (Å²) >= 11 is 7.23. The number of pyridine rings is 1. The van der Waals surface area contributed by atoms with E-state index in [0.717, 1.165) is 32.2 Å². The number of rotatable bonds is 3. The van der Waals surface area contributed by atoms with E-state index in [4.69, 9.17) is 17.3 Å². The predicted octanol–water partition coefficient (Wildman–Crippen LogP) is 3.89. The summed E-state index contributed by atoms with van der Waals surface area (Å²) in [4.78, 5) is 14.2. The maximum Gasteiger partial charge on any atom is 0.143 e. The summed E-state index contributed by atoms with van der Waals surface area (Å²) in [5, 5.41) is 0.952. The van der Waals surface area contributed by atoms with E-state index in [1.807, 2.05) is 31.2 Å². The minimum atomic E-state index is 0.227. The summed E-state index contributed by atoms with van der Waals surface area (Å²) in [5.74, 6) is 0.641. The molecule has 0 unspecified atom stereocenters.